The Morgan fingerprint density at radius 3 is 2.38 bits per heavy atom. The van der Waals surface area contributed by atoms with Crippen molar-refractivity contribution in [2.45, 2.75) is 0 Å². The molecule has 1 heterocycles. The van der Waals surface area contributed by atoms with E-state index in [4.69, 9.17) is 0 Å². The molecule has 0 bridgehead atoms. The van der Waals surface area contributed by atoms with E-state index in [-0.39, 0.29) is 11.4 Å². The van der Waals surface area contributed by atoms with E-state index in [1.54, 1.807) is 0 Å². The van der Waals surface area contributed by atoms with Crippen molar-refractivity contribution in [2.75, 3.05) is 49.5 Å². The standard InChI is InChI=1S/C20H23N5O4/c26-19(20(27)22-16-5-4-8-18(15-16)25(28)29)21-9-10-23-11-13-24(14-12-23)17-6-2-1-3-7-17/h1-8,15H,9-14H2,(H,21,26)(H,22,27). The Labute approximate surface area is 168 Å². The second-order valence-electron chi connectivity index (χ2n) is 6.68. The van der Waals surface area contributed by atoms with Gasteiger partial charge >= 0.3 is 11.8 Å². The molecule has 1 aliphatic heterocycles. The maximum atomic E-state index is 12.0. The Bertz CT molecular complexity index is 866. The van der Waals surface area contributed by atoms with Gasteiger partial charge in [-0.05, 0) is 18.2 Å². The Hall–Kier alpha value is -3.46. The summed E-state index contributed by atoms with van der Waals surface area (Å²) in [5.41, 5.74) is 1.26. The molecule has 1 saturated heterocycles. The number of non-ortho nitro benzene ring substituents is 1. The average molecular weight is 397 g/mol. The van der Waals surface area contributed by atoms with Crippen LogP contribution in [-0.4, -0.2) is 60.9 Å². The number of carbonyl (C=O) groups excluding carboxylic acids is 2. The van der Waals surface area contributed by atoms with Gasteiger partial charge in [-0.2, -0.15) is 0 Å². The first-order valence-corrected chi connectivity index (χ1v) is 9.39. The number of nitrogens with one attached hydrogen (secondary N) is 2. The molecule has 1 aliphatic rings. The van der Waals surface area contributed by atoms with Crippen LogP contribution in [0.5, 0.6) is 0 Å². The van der Waals surface area contributed by atoms with Crippen molar-refractivity contribution >= 4 is 28.9 Å². The normalized spacial score (nSPS) is 14.3. The minimum Gasteiger partial charge on any atom is -0.369 e. The number of para-hydroxylation sites is 1. The molecule has 2 aromatic rings. The summed E-state index contributed by atoms with van der Waals surface area (Å²) in [6.07, 6.45) is 0. The van der Waals surface area contributed by atoms with E-state index in [0.717, 1.165) is 26.2 Å². The highest BCUT2D eigenvalue weighted by atomic mass is 16.6. The number of piperazine rings is 1. The van der Waals surface area contributed by atoms with Gasteiger partial charge in [-0.15, -0.1) is 0 Å². The highest BCUT2D eigenvalue weighted by Gasteiger charge is 2.18. The Balaban J connectivity index is 1.38. The number of hydrogen-bond acceptors (Lipinski definition) is 6. The van der Waals surface area contributed by atoms with E-state index in [1.165, 1.54) is 30.0 Å². The fraction of sp³-hybridized carbons (Fsp3) is 0.300. The summed E-state index contributed by atoms with van der Waals surface area (Å²) in [6, 6.07) is 15.7. The van der Waals surface area contributed by atoms with E-state index in [9.17, 15) is 19.7 Å². The Morgan fingerprint density at radius 1 is 0.966 bits per heavy atom. The average Bonchev–Trinajstić information content (AvgIpc) is 2.75. The lowest BCUT2D eigenvalue weighted by molar-refractivity contribution is -0.384. The predicted octanol–water partition coefficient (Wildman–Crippen LogP) is 1.47. The second-order valence-corrected chi connectivity index (χ2v) is 6.68. The van der Waals surface area contributed by atoms with E-state index in [2.05, 4.69) is 32.6 Å². The number of benzene rings is 2. The van der Waals surface area contributed by atoms with Gasteiger partial charge in [0.1, 0.15) is 0 Å². The summed E-state index contributed by atoms with van der Waals surface area (Å²) in [4.78, 5) is 38.7. The van der Waals surface area contributed by atoms with Gasteiger partial charge in [-0.1, -0.05) is 24.3 Å². The van der Waals surface area contributed by atoms with Crippen LogP contribution in [0, 0.1) is 10.1 Å². The first-order valence-electron chi connectivity index (χ1n) is 9.39. The van der Waals surface area contributed by atoms with E-state index in [1.807, 2.05) is 18.2 Å². The number of carbonyl (C=O) groups is 2. The van der Waals surface area contributed by atoms with Gasteiger partial charge in [0.2, 0.25) is 0 Å². The maximum Gasteiger partial charge on any atom is 0.313 e. The molecule has 0 unspecified atom stereocenters. The zero-order valence-corrected chi connectivity index (χ0v) is 15.9. The van der Waals surface area contributed by atoms with Crippen LogP contribution in [0.25, 0.3) is 0 Å². The summed E-state index contributed by atoms with van der Waals surface area (Å²) < 4.78 is 0. The number of nitro groups is 1. The molecule has 0 aliphatic carbocycles. The van der Waals surface area contributed by atoms with Gasteiger partial charge in [0, 0.05) is 62.8 Å². The molecule has 152 valence electrons. The molecule has 3 rings (SSSR count). The summed E-state index contributed by atoms with van der Waals surface area (Å²) in [6.45, 7) is 4.58. The number of amides is 2. The first kappa shape index (κ1) is 20.3. The molecule has 29 heavy (non-hydrogen) atoms. The van der Waals surface area contributed by atoms with Crippen molar-refractivity contribution in [1.82, 2.24) is 10.2 Å². The first-order chi connectivity index (χ1) is 14.0. The highest BCUT2D eigenvalue weighted by molar-refractivity contribution is 6.39. The molecule has 0 spiro atoms. The van der Waals surface area contributed by atoms with Crippen molar-refractivity contribution in [1.29, 1.82) is 0 Å². The summed E-state index contributed by atoms with van der Waals surface area (Å²) in [5, 5.41) is 15.7. The van der Waals surface area contributed by atoms with Crippen molar-refractivity contribution in [3.63, 3.8) is 0 Å². The van der Waals surface area contributed by atoms with Gasteiger partial charge < -0.3 is 15.5 Å². The largest absolute Gasteiger partial charge is 0.369 e. The third kappa shape index (κ3) is 5.76. The fourth-order valence-electron chi connectivity index (χ4n) is 3.16. The molecule has 0 saturated carbocycles. The molecule has 0 radical (unpaired) electrons. The minimum absolute atomic E-state index is 0.155. The molecule has 9 heteroatoms. The monoisotopic (exact) mass is 397 g/mol. The Morgan fingerprint density at radius 2 is 1.69 bits per heavy atom. The van der Waals surface area contributed by atoms with Crippen LogP contribution in [0.1, 0.15) is 0 Å². The number of nitrogens with zero attached hydrogens (tertiary/aromatic N) is 3. The van der Waals surface area contributed by atoms with Crippen molar-refractivity contribution in [3.05, 3.63) is 64.7 Å². The molecule has 0 atom stereocenters. The molecule has 1 fully saturated rings. The molecular weight excluding hydrogens is 374 g/mol. The number of hydrogen-bond donors (Lipinski definition) is 2. The molecule has 2 aromatic carbocycles. The molecule has 2 amide bonds. The van der Waals surface area contributed by atoms with Crippen LogP contribution in [0.3, 0.4) is 0 Å². The molecule has 2 N–H and O–H groups in total. The van der Waals surface area contributed by atoms with Crippen molar-refractivity contribution in [2.24, 2.45) is 0 Å². The predicted molar refractivity (Wildman–Crippen MR) is 110 cm³/mol. The van der Waals surface area contributed by atoms with E-state index >= 15 is 0 Å². The van der Waals surface area contributed by atoms with Gasteiger partial charge in [-0.25, -0.2) is 0 Å². The van der Waals surface area contributed by atoms with E-state index < -0.39 is 16.7 Å². The third-order valence-corrected chi connectivity index (χ3v) is 4.73. The van der Waals surface area contributed by atoms with Crippen molar-refractivity contribution in [3.8, 4) is 0 Å². The van der Waals surface area contributed by atoms with Gasteiger partial charge in [0.15, 0.2) is 0 Å². The van der Waals surface area contributed by atoms with E-state index in [0.29, 0.717) is 13.1 Å². The second kappa shape index (κ2) is 9.65. The van der Waals surface area contributed by atoms with Crippen LogP contribution >= 0.6 is 0 Å². The Kier molecular flexibility index (Phi) is 6.75. The smallest absolute Gasteiger partial charge is 0.313 e. The zero-order chi connectivity index (χ0) is 20.6. The highest BCUT2D eigenvalue weighted by Crippen LogP contribution is 2.17. The van der Waals surface area contributed by atoms with Crippen LogP contribution < -0.4 is 15.5 Å². The molecule has 9 nitrogen and oxygen atoms in total. The van der Waals surface area contributed by atoms with Gasteiger partial charge in [0.05, 0.1) is 4.92 Å². The summed E-state index contributed by atoms with van der Waals surface area (Å²) >= 11 is 0. The van der Waals surface area contributed by atoms with Crippen LogP contribution in [0.4, 0.5) is 17.1 Å². The SMILES string of the molecule is O=C(NCCN1CCN(c2ccccc2)CC1)C(=O)Nc1cccc([N+](=O)[O-])c1. The van der Waals surface area contributed by atoms with Crippen LogP contribution in [-0.2, 0) is 9.59 Å². The van der Waals surface area contributed by atoms with Crippen LogP contribution in [0.15, 0.2) is 54.6 Å². The third-order valence-electron chi connectivity index (χ3n) is 4.73. The van der Waals surface area contributed by atoms with Gasteiger partial charge in [-0.3, -0.25) is 24.6 Å². The van der Waals surface area contributed by atoms with Crippen LogP contribution in [0.2, 0.25) is 0 Å². The lowest BCUT2D eigenvalue weighted by atomic mass is 10.2. The lowest BCUT2D eigenvalue weighted by Gasteiger charge is -2.36. The molecular formula is C20H23N5O4. The lowest BCUT2D eigenvalue weighted by Crippen LogP contribution is -2.49. The topological polar surface area (TPSA) is 108 Å². The number of nitro benzene ring substituents is 1. The zero-order valence-electron chi connectivity index (χ0n) is 15.9. The molecule has 0 aromatic heterocycles. The minimum atomic E-state index is -0.848. The fourth-order valence-corrected chi connectivity index (χ4v) is 3.16. The summed E-state index contributed by atoms with van der Waals surface area (Å²) in [5.74, 6) is -1.61. The number of anilines is 2. The van der Waals surface area contributed by atoms with Gasteiger partial charge in [0.25, 0.3) is 5.69 Å². The van der Waals surface area contributed by atoms with Crippen molar-refractivity contribution < 1.29 is 14.5 Å². The maximum absolute atomic E-state index is 12.0. The number of rotatable bonds is 6. The summed E-state index contributed by atoms with van der Waals surface area (Å²) in [7, 11) is 0. The quantitative estimate of drug-likeness (QED) is 0.434.